The summed E-state index contributed by atoms with van der Waals surface area (Å²) in [5, 5.41) is 0. The lowest BCUT2D eigenvalue weighted by Gasteiger charge is -2.12. The van der Waals surface area contributed by atoms with Crippen molar-refractivity contribution in [3.8, 4) is 0 Å². The minimum atomic E-state index is -3.22. The molecule has 2 N–H and O–H groups in total. The molecule has 0 aliphatic carbocycles. The lowest BCUT2D eigenvalue weighted by atomic mass is 10.1. The van der Waals surface area contributed by atoms with Crippen LogP contribution in [0.3, 0.4) is 0 Å². The second-order valence-electron chi connectivity index (χ2n) is 4.06. The fraction of sp³-hybridized carbons (Fsp3) is 0.455. The van der Waals surface area contributed by atoms with Gasteiger partial charge in [0, 0.05) is 21.7 Å². The highest BCUT2D eigenvalue weighted by atomic mass is 79.9. The Bertz CT molecular complexity index is 512. The molecule has 0 aliphatic heterocycles. The van der Waals surface area contributed by atoms with E-state index in [0.717, 1.165) is 14.9 Å². The van der Waals surface area contributed by atoms with Crippen LogP contribution in [0.5, 0.6) is 0 Å². The topological polar surface area (TPSA) is 60.2 Å². The van der Waals surface area contributed by atoms with E-state index in [4.69, 9.17) is 5.73 Å². The van der Waals surface area contributed by atoms with Crippen LogP contribution in [-0.2, 0) is 16.3 Å². The van der Waals surface area contributed by atoms with Crippen molar-refractivity contribution < 1.29 is 8.42 Å². The molecule has 0 aliphatic rings. The van der Waals surface area contributed by atoms with Crippen molar-refractivity contribution in [3.05, 3.63) is 22.2 Å². The normalized spacial score (nSPS) is 13.7. The molecule has 0 amide bonds. The number of halogens is 1. The third-order valence-electron chi connectivity index (χ3n) is 2.23. The molecular weight excluding hydrogens is 322 g/mol. The molecule has 1 atom stereocenters. The summed E-state index contributed by atoms with van der Waals surface area (Å²) in [4.78, 5) is 1.12. The molecule has 0 heterocycles. The molecule has 1 rings (SSSR count). The van der Waals surface area contributed by atoms with Gasteiger partial charge in [0.25, 0.3) is 0 Å². The molecule has 96 valence electrons. The Morgan fingerprint density at radius 3 is 2.47 bits per heavy atom. The minimum Gasteiger partial charge on any atom is -0.328 e. The van der Waals surface area contributed by atoms with Crippen LogP contribution in [0.2, 0.25) is 0 Å². The van der Waals surface area contributed by atoms with E-state index < -0.39 is 9.84 Å². The van der Waals surface area contributed by atoms with E-state index in [1.807, 2.05) is 19.2 Å². The van der Waals surface area contributed by atoms with Crippen LogP contribution in [0.25, 0.3) is 0 Å². The van der Waals surface area contributed by atoms with Gasteiger partial charge in [0.2, 0.25) is 0 Å². The predicted molar refractivity (Wildman–Crippen MR) is 76.4 cm³/mol. The first-order chi connectivity index (χ1) is 7.75. The third kappa shape index (κ3) is 3.98. The van der Waals surface area contributed by atoms with Gasteiger partial charge in [-0.25, -0.2) is 8.42 Å². The maximum absolute atomic E-state index is 11.7. The van der Waals surface area contributed by atoms with Crippen molar-refractivity contribution in [3.63, 3.8) is 0 Å². The first kappa shape index (κ1) is 15.0. The molecule has 0 spiro atoms. The number of rotatable bonds is 4. The van der Waals surface area contributed by atoms with Crippen molar-refractivity contribution in [1.82, 2.24) is 0 Å². The summed E-state index contributed by atoms with van der Waals surface area (Å²) in [5.41, 5.74) is 6.67. The molecule has 0 saturated heterocycles. The summed E-state index contributed by atoms with van der Waals surface area (Å²) >= 11 is 4.83. The summed E-state index contributed by atoms with van der Waals surface area (Å²) in [7, 11) is -3.22. The van der Waals surface area contributed by atoms with Crippen LogP contribution in [0, 0.1) is 0 Å². The van der Waals surface area contributed by atoms with Crippen LogP contribution in [0.15, 0.2) is 26.4 Å². The van der Waals surface area contributed by atoms with Crippen molar-refractivity contribution >= 4 is 37.5 Å². The zero-order valence-corrected chi connectivity index (χ0v) is 13.2. The fourth-order valence-corrected chi connectivity index (χ4v) is 4.74. The van der Waals surface area contributed by atoms with Crippen LogP contribution >= 0.6 is 27.7 Å². The van der Waals surface area contributed by atoms with Gasteiger partial charge in [-0.2, -0.15) is 0 Å². The van der Waals surface area contributed by atoms with E-state index in [1.54, 1.807) is 6.07 Å². The van der Waals surface area contributed by atoms with E-state index in [2.05, 4.69) is 15.9 Å². The predicted octanol–water partition coefficient (Wildman–Crippen LogP) is 2.46. The number of thioether (sulfide) groups is 1. The molecule has 1 unspecified atom stereocenters. The molecule has 17 heavy (non-hydrogen) atoms. The summed E-state index contributed by atoms with van der Waals surface area (Å²) in [6, 6.07) is 3.66. The summed E-state index contributed by atoms with van der Waals surface area (Å²) in [6.07, 6.45) is 3.75. The average molecular weight is 338 g/mol. The van der Waals surface area contributed by atoms with Gasteiger partial charge in [-0.05, 0) is 53.2 Å². The standard InChI is InChI=1S/C11H16BrNO2S2/c1-7(13)4-8-5-9(12)11(16-2)10(6-8)17(3,14)15/h5-7H,4,13H2,1-3H3. The average Bonchev–Trinajstić information content (AvgIpc) is 2.14. The van der Waals surface area contributed by atoms with Gasteiger partial charge in [-0.15, -0.1) is 11.8 Å². The Kier molecular flexibility index (Phi) is 5.07. The van der Waals surface area contributed by atoms with Gasteiger partial charge in [0.1, 0.15) is 0 Å². The van der Waals surface area contributed by atoms with Crippen LogP contribution in [0.1, 0.15) is 12.5 Å². The molecule has 0 radical (unpaired) electrons. The molecule has 3 nitrogen and oxygen atoms in total. The summed E-state index contributed by atoms with van der Waals surface area (Å²) in [5.74, 6) is 0. The summed E-state index contributed by atoms with van der Waals surface area (Å²) in [6.45, 7) is 1.90. The zero-order valence-electron chi connectivity index (χ0n) is 10.0. The Labute approximate surface area is 115 Å². The van der Waals surface area contributed by atoms with Crippen molar-refractivity contribution in [2.45, 2.75) is 29.2 Å². The minimum absolute atomic E-state index is 0.00874. The lowest BCUT2D eigenvalue weighted by Crippen LogP contribution is -2.18. The number of benzene rings is 1. The SMILES string of the molecule is CSc1c(Br)cc(CC(C)N)cc1S(C)(=O)=O. The molecule has 0 fully saturated rings. The van der Waals surface area contributed by atoms with Crippen molar-refractivity contribution in [2.75, 3.05) is 12.5 Å². The summed E-state index contributed by atoms with van der Waals surface area (Å²) < 4.78 is 24.3. The Balaban J connectivity index is 3.39. The first-order valence-corrected chi connectivity index (χ1v) is 8.98. The quantitative estimate of drug-likeness (QED) is 0.857. The van der Waals surface area contributed by atoms with Gasteiger partial charge in [0.15, 0.2) is 9.84 Å². The second-order valence-corrected chi connectivity index (χ2v) is 7.72. The lowest BCUT2D eigenvalue weighted by molar-refractivity contribution is 0.599. The van der Waals surface area contributed by atoms with Gasteiger partial charge in [-0.1, -0.05) is 0 Å². The van der Waals surface area contributed by atoms with E-state index in [1.165, 1.54) is 18.0 Å². The van der Waals surface area contributed by atoms with Gasteiger partial charge in [0.05, 0.1) is 4.90 Å². The molecular formula is C11H16BrNO2S2. The molecule has 0 bridgehead atoms. The highest BCUT2D eigenvalue weighted by Gasteiger charge is 2.17. The number of hydrogen-bond acceptors (Lipinski definition) is 4. The smallest absolute Gasteiger partial charge is 0.176 e. The highest BCUT2D eigenvalue weighted by Crippen LogP contribution is 2.34. The molecule has 1 aromatic rings. The number of hydrogen-bond donors (Lipinski definition) is 1. The van der Waals surface area contributed by atoms with Gasteiger partial charge in [-0.3, -0.25) is 0 Å². The Morgan fingerprint density at radius 2 is 2.06 bits per heavy atom. The molecule has 0 saturated carbocycles. The van der Waals surface area contributed by atoms with Crippen LogP contribution in [0.4, 0.5) is 0 Å². The van der Waals surface area contributed by atoms with E-state index >= 15 is 0 Å². The van der Waals surface area contributed by atoms with E-state index in [9.17, 15) is 8.42 Å². The maximum Gasteiger partial charge on any atom is 0.176 e. The largest absolute Gasteiger partial charge is 0.328 e. The number of sulfone groups is 1. The Morgan fingerprint density at radius 1 is 1.47 bits per heavy atom. The molecule has 1 aromatic carbocycles. The maximum atomic E-state index is 11.7. The molecule has 0 aromatic heterocycles. The zero-order chi connectivity index (χ0) is 13.2. The van der Waals surface area contributed by atoms with Crippen LogP contribution in [-0.4, -0.2) is 27.0 Å². The van der Waals surface area contributed by atoms with Gasteiger partial charge < -0.3 is 5.73 Å². The van der Waals surface area contributed by atoms with Crippen molar-refractivity contribution in [2.24, 2.45) is 5.73 Å². The van der Waals surface area contributed by atoms with E-state index in [-0.39, 0.29) is 6.04 Å². The second kappa shape index (κ2) is 5.73. The van der Waals surface area contributed by atoms with Crippen LogP contribution < -0.4 is 5.73 Å². The third-order valence-corrected chi connectivity index (χ3v) is 5.22. The van der Waals surface area contributed by atoms with E-state index in [0.29, 0.717) is 11.3 Å². The Hall–Kier alpha value is -0.0400. The fourth-order valence-electron chi connectivity index (χ4n) is 1.58. The number of nitrogens with two attached hydrogens (primary N) is 1. The molecule has 6 heteroatoms. The highest BCUT2D eigenvalue weighted by molar-refractivity contribution is 9.10. The van der Waals surface area contributed by atoms with Gasteiger partial charge >= 0.3 is 0 Å². The van der Waals surface area contributed by atoms with Crippen molar-refractivity contribution in [1.29, 1.82) is 0 Å². The monoisotopic (exact) mass is 337 g/mol. The first-order valence-electron chi connectivity index (χ1n) is 5.07.